The van der Waals surface area contributed by atoms with Crippen LogP contribution in [-0.2, 0) is 27.4 Å². The Kier molecular flexibility index (Phi) is 7.05. The maximum absolute atomic E-state index is 12.8. The van der Waals surface area contributed by atoms with E-state index in [4.69, 9.17) is 4.74 Å². The zero-order valence-corrected chi connectivity index (χ0v) is 18.0. The number of ether oxygens (including phenoxy) is 1. The Hall–Kier alpha value is -1.53. The van der Waals surface area contributed by atoms with Crippen LogP contribution in [0.5, 0.6) is 0 Å². The summed E-state index contributed by atoms with van der Waals surface area (Å²) in [6.45, 7) is 3.58. The number of hydrogen-bond donors (Lipinski definition) is 0. The van der Waals surface area contributed by atoms with Gasteiger partial charge in [-0.25, -0.2) is 4.57 Å². The molecule has 3 aliphatic rings. The van der Waals surface area contributed by atoms with E-state index in [9.17, 15) is 9.59 Å². The lowest BCUT2D eigenvalue weighted by molar-refractivity contribution is -0.697. The quantitative estimate of drug-likeness (QED) is 0.227. The average molecular weight is 449 g/mol. The van der Waals surface area contributed by atoms with Gasteiger partial charge in [0.05, 0.1) is 30.6 Å². The summed E-state index contributed by atoms with van der Waals surface area (Å²) in [6, 6.07) is 4.00. The minimum absolute atomic E-state index is 0. The van der Waals surface area contributed by atoms with E-state index >= 15 is 0 Å². The molecule has 0 saturated carbocycles. The maximum Gasteiger partial charge on any atom is 0.236 e. The number of fused-ring (bicyclic) bond motifs is 5. The van der Waals surface area contributed by atoms with E-state index in [0.29, 0.717) is 6.54 Å². The van der Waals surface area contributed by atoms with Crippen LogP contribution in [0.4, 0.5) is 0 Å². The van der Waals surface area contributed by atoms with Crippen LogP contribution in [0.2, 0.25) is 0 Å². The molecular formula is C22H29BrN2O3. The van der Waals surface area contributed by atoms with Crippen molar-refractivity contribution in [2.24, 2.45) is 11.8 Å². The number of rotatable bonds is 9. The topological polar surface area (TPSA) is 50.5 Å². The highest BCUT2D eigenvalue weighted by Crippen LogP contribution is 2.45. The fourth-order valence-electron chi connectivity index (χ4n) is 4.59. The van der Waals surface area contributed by atoms with Gasteiger partial charge < -0.3 is 21.7 Å². The number of aromatic nitrogens is 1. The van der Waals surface area contributed by atoms with E-state index in [0.717, 1.165) is 18.5 Å². The number of aryl methyl sites for hydroxylation is 1. The zero-order chi connectivity index (χ0) is 18.8. The Bertz CT molecular complexity index is 721. The Morgan fingerprint density at radius 1 is 1.00 bits per heavy atom. The van der Waals surface area contributed by atoms with Gasteiger partial charge in [0.2, 0.25) is 11.8 Å². The van der Waals surface area contributed by atoms with E-state index < -0.39 is 0 Å². The Morgan fingerprint density at radius 3 is 2.32 bits per heavy atom. The summed E-state index contributed by atoms with van der Waals surface area (Å²) < 4.78 is 7.87. The summed E-state index contributed by atoms with van der Waals surface area (Å²) in [4.78, 5) is 27.0. The van der Waals surface area contributed by atoms with Crippen molar-refractivity contribution in [1.29, 1.82) is 0 Å². The Labute approximate surface area is 177 Å². The molecule has 4 heterocycles. The van der Waals surface area contributed by atoms with Crippen molar-refractivity contribution in [2.45, 2.75) is 70.7 Å². The van der Waals surface area contributed by atoms with Gasteiger partial charge in [-0.05, 0) is 12.5 Å². The van der Waals surface area contributed by atoms with Crippen molar-refractivity contribution in [3.05, 3.63) is 42.2 Å². The first-order valence-corrected chi connectivity index (χ1v) is 10.4. The lowest BCUT2D eigenvalue weighted by atomic mass is 9.85. The minimum Gasteiger partial charge on any atom is -1.00 e. The maximum atomic E-state index is 12.8. The standard InChI is InChI=1S/C22H29N2O3.BrH/c1-2-3-4-5-6-7-12-23-13-8-9-16(14-23)15-24-21(25)19-17-10-11-18(27-17)20(19)22(24)26;/h8-11,13-14,17-20H,2-7,12,15H2,1H3;1H/q+1;/p-1/t17-,18+,19-,20+;. The molecule has 0 radical (unpaired) electrons. The van der Waals surface area contributed by atoms with Gasteiger partial charge in [-0.1, -0.05) is 44.8 Å². The number of amides is 2. The third-order valence-electron chi connectivity index (χ3n) is 6.03. The van der Waals surface area contributed by atoms with Crippen molar-refractivity contribution >= 4 is 11.8 Å². The molecule has 4 rings (SSSR count). The molecule has 6 heteroatoms. The summed E-state index contributed by atoms with van der Waals surface area (Å²) in [6.07, 6.45) is 15.2. The molecule has 5 nitrogen and oxygen atoms in total. The highest BCUT2D eigenvalue weighted by atomic mass is 79.9. The predicted octanol–water partition coefficient (Wildman–Crippen LogP) is -0.223. The largest absolute Gasteiger partial charge is 1.00 e. The van der Waals surface area contributed by atoms with Crippen LogP contribution >= 0.6 is 0 Å². The molecule has 2 saturated heterocycles. The SMILES string of the molecule is CCCCCCCC[n+]1cccc(CN2C(=O)[C@@H]3[C@H](C2=O)[C@H]2C=C[C@@H]3O2)c1.[Br-]. The molecule has 2 fully saturated rings. The second kappa shape index (κ2) is 9.31. The van der Waals surface area contributed by atoms with Crippen molar-refractivity contribution in [3.8, 4) is 0 Å². The number of hydrogen-bond acceptors (Lipinski definition) is 3. The molecule has 28 heavy (non-hydrogen) atoms. The monoisotopic (exact) mass is 448 g/mol. The summed E-state index contributed by atoms with van der Waals surface area (Å²) in [7, 11) is 0. The number of nitrogens with zero attached hydrogens (tertiary/aromatic N) is 2. The summed E-state index contributed by atoms with van der Waals surface area (Å²) in [5.41, 5.74) is 1.01. The molecule has 1 aromatic rings. The van der Waals surface area contributed by atoms with E-state index in [1.54, 1.807) is 0 Å². The number of carbonyl (C=O) groups is 2. The first-order valence-electron chi connectivity index (χ1n) is 10.4. The molecule has 0 N–H and O–H groups in total. The van der Waals surface area contributed by atoms with E-state index in [2.05, 4.69) is 23.9 Å². The molecule has 3 aliphatic heterocycles. The number of carbonyl (C=O) groups excluding carboxylic acids is 2. The zero-order valence-electron chi connectivity index (χ0n) is 16.4. The number of imide groups is 1. The van der Waals surface area contributed by atoms with Crippen LogP contribution in [0.25, 0.3) is 0 Å². The fourth-order valence-corrected chi connectivity index (χ4v) is 4.59. The molecule has 4 atom stereocenters. The summed E-state index contributed by atoms with van der Waals surface area (Å²) in [5.74, 6) is -0.778. The Morgan fingerprint density at radius 2 is 1.64 bits per heavy atom. The highest BCUT2D eigenvalue weighted by Gasteiger charge is 2.60. The third-order valence-corrected chi connectivity index (χ3v) is 6.03. The third kappa shape index (κ3) is 4.08. The van der Waals surface area contributed by atoms with Gasteiger partial charge >= 0.3 is 0 Å². The van der Waals surface area contributed by atoms with Crippen LogP contribution in [0, 0.1) is 11.8 Å². The molecule has 0 aromatic carbocycles. The minimum atomic E-state index is -0.313. The van der Waals surface area contributed by atoms with Gasteiger partial charge in [0, 0.05) is 18.1 Å². The van der Waals surface area contributed by atoms with Gasteiger partial charge in [-0.15, -0.1) is 0 Å². The van der Waals surface area contributed by atoms with Gasteiger partial charge in [0.15, 0.2) is 12.4 Å². The first kappa shape index (κ1) is 21.2. The molecule has 0 unspecified atom stereocenters. The van der Waals surface area contributed by atoms with Crippen LogP contribution < -0.4 is 21.5 Å². The van der Waals surface area contributed by atoms with Crippen molar-refractivity contribution in [2.75, 3.05) is 0 Å². The summed E-state index contributed by atoms with van der Waals surface area (Å²) in [5, 5.41) is 0. The smallest absolute Gasteiger partial charge is 0.236 e. The van der Waals surface area contributed by atoms with Gasteiger partial charge in [0.1, 0.15) is 6.54 Å². The number of halogens is 1. The predicted molar refractivity (Wildman–Crippen MR) is 100 cm³/mol. The van der Waals surface area contributed by atoms with Crippen LogP contribution in [-0.4, -0.2) is 28.9 Å². The molecule has 1 aromatic heterocycles. The Balaban J connectivity index is 0.00000225. The molecular weight excluding hydrogens is 420 g/mol. The number of unbranched alkanes of at least 4 members (excludes halogenated alkanes) is 5. The molecule has 0 aliphatic carbocycles. The van der Waals surface area contributed by atoms with E-state index in [-0.39, 0.29) is 52.8 Å². The molecule has 2 bridgehead atoms. The molecule has 2 amide bonds. The van der Waals surface area contributed by atoms with E-state index in [1.807, 2.05) is 24.3 Å². The van der Waals surface area contributed by atoms with Crippen molar-refractivity contribution in [3.63, 3.8) is 0 Å². The van der Waals surface area contributed by atoms with Crippen molar-refractivity contribution in [1.82, 2.24) is 4.90 Å². The number of pyridine rings is 1. The fraction of sp³-hybridized carbons (Fsp3) is 0.591. The van der Waals surface area contributed by atoms with Gasteiger partial charge in [-0.3, -0.25) is 14.5 Å². The number of likely N-dealkylation sites (tertiary alicyclic amines) is 1. The first-order chi connectivity index (χ1) is 13.2. The normalized spacial score (nSPS) is 27.4. The van der Waals surface area contributed by atoms with Gasteiger partial charge in [-0.2, -0.15) is 0 Å². The lowest BCUT2D eigenvalue weighted by Gasteiger charge is -2.17. The summed E-state index contributed by atoms with van der Waals surface area (Å²) >= 11 is 0. The molecule has 152 valence electrons. The van der Waals surface area contributed by atoms with Crippen LogP contribution in [0.15, 0.2) is 36.7 Å². The van der Waals surface area contributed by atoms with Crippen LogP contribution in [0.3, 0.4) is 0 Å². The molecule has 0 spiro atoms. The van der Waals surface area contributed by atoms with Crippen molar-refractivity contribution < 1.29 is 35.9 Å². The highest BCUT2D eigenvalue weighted by molar-refractivity contribution is 6.06. The second-order valence-electron chi connectivity index (χ2n) is 7.98. The van der Waals surface area contributed by atoms with Gasteiger partial charge in [0.25, 0.3) is 0 Å². The lowest BCUT2D eigenvalue weighted by Crippen LogP contribution is -3.00. The van der Waals surface area contributed by atoms with Crippen LogP contribution in [0.1, 0.15) is 51.0 Å². The average Bonchev–Trinajstić information content (AvgIpc) is 3.35. The van der Waals surface area contributed by atoms with E-state index in [1.165, 1.54) is 37.0 Å². The second-order valence-corrected chi connectivity index (χ2v) is 7.98.